The Morgan fingerprint density at radius 3 is 2.08 bits per heavy atom. The number of carboxylic acid groups (broad SMARTS) is 1. The Morgan fingerprint density at radius 1 is 1.08 bits per heavy atom. The van der Waals surface area contributed by atoms with Gasteiger partial charge in [0.05, 0.1) is 0 Å². The summed E-state index contributed by atoms with van der Waals surface area (Å²) in [6, 6.07) is 0. The molecule has 0 aromatic rings. The molecule has 1 saturated heterocycles. The molecule has 24 heavy (non-hydrogen) atoms. The van der Waals surface area contributed by atoms with Gasteiger partial charge in [0.25, 0.3) is 0 Å². The van der Waals surface area contributed by atoms with Gasteiger partial charge in [-0.05, 0) is 52.4 Å². The maximum absolute atomic E-state index is 12.2. The van der Waals surface area contributed by atoms with Crippen molar-refractivity contribution >= 4 is 17.8 Å². The molecular weight excluding hydrogens is 310 g/mol. The topological polar surface area (TPSA) is 86.7 Å². The molecule has 1 aliphatic rings. The molecule has 0 aromatic heterocycles. The van der Waals surface area contributed by atoms with Gasteiger partial charge in [-0.3, -0.25) is 4.79 Å². The Morgan fingerprint density at radius 2 is 1.62 bits per heavy atom. The highest BCUT2D eigenvalue weighted by Crippen LogP contribution is 2.28. The van der Waals surface area contributed by atoms with E-state index in [1.54, 1.807) is 18.7 Å². The predicted molar refractivity (Wildman–Crippen MR) is 88.2 cm³/mol. The van der Waals surface area contributed by atoms with Crippen LogP contribution in [0.1, 0.15) is 66.7 Å². The number of aliphatic carboxylic acids is 1. The fourth-order valence-electron chi connectivity index (χ4n) is 2.86. The zero-order valence-electron chi connectivity index (χ0n) is 15.5. The van der Waals surface area contributed by atoms with Crippen LogP contribution in [0.2, 0.25) is 0 Å². The molecule has 138 valence electrons. The zero-order valence-corrected chi connectivity index (χ0v) is 15.5. The lowest BCUT2D eigenvalue weighted by molar-refractivity contribution is -0.307. The molecule has 1 aliphatic heterocycles. The first-order valence-electron chi connectivity index (χ1n) is 8.62. The fourth-order valence-corrected chi connectivity index (χ4v) is 2.86. The summed E-state index contributed by atoms with van der Waals surface area (Å²) < 4.78 is 5.36. The summed E-state index contributed by atoms with van der Waals surface area (Å²) in [4.78, 5) is 36.6. The standard InChI is InChI=1S/C18H31NO5/c1-17(2,3)24-16(23)19-10-8-13(9-11-19)6-7-14(20)18(4,5)12-15(21)22/h13H,6-12H2,1-5H3,(H,21,22)/p-1. The van der Waals surface area contributed by atoms with E-state index in [0.717, 1.165) is 19.3 Å². The Bertz CT molecular complexity index is 470. The number of ether oxygens (including phenoxy) is 1. The van der Waals surface area contributed by atoms with Gasteiger partial charge in [-0.15, -0.1) is 0 Å². The third kappa shape index (κ3) is 6.89. The Balaban J connectivity index is 2.38. The number of ketones is 1. The van der Waals surface area contributed by atoms with Crippen molar-refractivity contribution in [3.63, 3.8) is 0 Å². The number of Topliss-reactive ketones (excluding diaryl/α,β-unsaturated/α-hetero) is 1. The van der Waals surface area contributed by atoms with E-state index >= 15 is 0 Å². The van der Waals surface area contributed by atoms with Gasteiger partial charge in [-0.25, -0.2) is 4.79 Å². The highest BCUT2D eigenvalue weighted by atomic mass is 16.6. The first-order valence-corrected chi connectivity index (χ1v) is 8.62. The van der Waals surface area contributed by atoms with Gasteiger partial charge in [-0.1, -0.05) is 13.8 Å². The van der Waals surface area contributed by atoms with Crippen LogP contribution in [0.3, 0.4) is 0 Å². The van der Waals surface area contributed by atoms with E-state index in [0.29, 0.717) is 25.4 Å². The van der Waals surface area contributed by atoms with Crippen molar-refractivity contribution in [3.05, 3.63) is 0 Å². The van der Waals surface area contributed by atoms with E-state index in [-0.39, 0.29) is 18.3 Å². The highest BCUT2D eigenvalue weighted by molar-refractivity contribution is 5.87. The number of likely N-dealkylation sites (tertiary alicyclic amines) is 1. The molecule has 0 N–H and O–H groups in total. The first kappa shape index (κ1) is 20.5. The van der Waals surface area contributed by atoms with E-state index in [4.69, 9.17) is 4.74 Å². The average molecular weight is 340 g/mol. The van der Waals surface area contributed by atoms with E-state index in [9.17, 15) is 19.5 Å². The van der Waals surface area contributed by atoms with Crippen LogP contribution in [0.25, 0.3) is 0 Å². The van der Waals surface area contributed by atoms with Crippen LogP contribution in [-0.2, 0) is 14.3 Å². The number of nitrogens with zero attached hydrogens (tertiary/aromatic N) is 1. The summed E-state index contributed by atoms with van der Waals surface area (Å²) in [5, 5.41) is 10.7. The Hall–Kier alpha value is -1.59. The normalized spacial score (nSPS) is 16.8. The fraction of sp³-hybridized carbons (Fsp3) is 0.833. The lowest BCUT2D eigenvalue weighted by atomic mass is 9.80. The van der Waals surface area contributed by atoms with E-state index in [1.807, 2.05) is 20.8 Å². The number of amides is 1. The molecule has 1 fully saturated rings. The van der Waals surface area contributed by atoms with Gasteiger partial charge in [0.15, 0.2) is 0 Å². The summed E-state index contributed by atoms with van der Waals surface area (Å²) in [6.07, 6.45) is 2.26. The van der Waals surface area contributed by atoms with Crippen LogP contribution in [0, 0.1) is 11.3 Å². The van der Waals surface area contributed by atoms with Crippen molar-refractivity contribution in [1.82, 2.24) is 4.90 Å². The summed E-state index contributed by atoms with van der Waals surface area (Å²) in [7, 11) is 0. The number of carbonyl (C=O) groups is 3. The van der Waals surface area contributed by atoms with Gasteiger partial charge >= 0.3 is 6.09 Å². The molecule has 1 rings (SSSR count). The molecule has 0 radical (unpaired) electrons. The highest BCUT2D eigenvalue weighted by Gasteiger charge is 2.30. The van der Waals surface area contributed by atoms with Crippen LogP contribution in [0.15, 0.2) is 0 Å². The van der Waals surface area contributed by atoms with Crippen LogP contribution in [0.5, 0.6) is 0 Å². The molecule has 6 heteroatoms. The third-order valence-electron chi connectivity index (χ3n) is 4.39. The summed E-state index contributed by atoms with van der Waals surface area (Å²) in [5.41, 5.74) is -1.37. The van der Waals surface area contributed by atoms with E-state index in [1.165, 1.54) is 0 Å². The van der Waals surface area contributed by atoms with Gasteiger partial charge < -0.3 is 19.5 Å². The van der Waals surface area contributed by atoms with Crippen molar-refractivity contribution in [2.75, 3.05) is 13.1 Å². The van der Waals surface area contributed by atoms with E-state index < -0.39 is 17.0 Å². The lowest BCUT2D eigenvalue weighted by Gasteiger charge is -2.33. The van der Waals surface area contributed by atoms with Crippen molar-refractivity contribution in [1.29, 1.82) is 0 Å². The maximum atomic E-state index is 12.2. The van der Waals surface area contributed by atoms with Gasteiger partial charge in [0.1, 0.15) is 11.4 Å². The number of rotatable bonds is 6. The minimum absolute atomic E-state index is 0.0405. The second-order valence-corrected chi connectivity index (χ2v) is 8.31. The molecular formula is C18H30NO5-. The molecule has 0 spiro atoms. The SMILES string of the molecule is CC(C)(C)OC(=O)N1CCC(CCC(=O)C(C)(C)CC(=O)[O-])CC1. The summed E-state index contributed by atoms with van der Waals surface area (Å²) in [6.45, 7) is 10.1. The molecule has 0 aliphatic carbocycles. The summed E-state index contributed by atoms with van der Waals surface area (Å²) in [5.74, 6) is -0.855. The number of hydrogen-bond donors (Lipinski definition) is 0. The number of hydrogen-bond acceptors (Lipinski definition) is 5. The maximum Gasteiger partial charge on any atom is 0.410 e. The van der Waals surface area contributed by atoms with Crippen LogP contribution in [0.4, 0.5) is 4.79 Å². The molecule has 0 bridgehead atoms. The second kappa shape index (κ2) is 7.99. The van der Waals surface area contributed by atoms with Crippen molar-refractivity contribution in [2.24, 2.45) is 11.3 Å². The number of carbonyl (C=O) groups excluding carboxylic acids is 3. The van der Waals surface area contributed by atoms with Crippen molar-refractivity contribution in [3.8, 4) is 0 Å². The van der Waals surface area contributed by atoms with Crippen LogP contribution < -0.4 is 5.11 Å². The van der Waals surface area contributed by atoms with Crippen molar-refractivity contribution < 1.29 is 24.2 Å². The van der Waals surface area contributed by atoms with Gasteiger partial charge in [0.2, 0.25) is 0 Å². The number of carboxylic acids is 1. The second-order valence-electron chi connectivity index (χ2n) is 8.31. The third-order valence-corrected chi connectivity index (χ3v) is 4.39. The monoisotopic (exact) mass is 340 g/mol. The molecule has 0 aromatic carbocycles. The first-order chi connectivity index (χ1) is 10.9. The largest absolute Gasteiger partial charge is 0.550 e. The van der Waals surface area contributed by atoms with E-state index in [2.05, 4.69) is 0 Å². The van der Waals surface area contributed by atoms with Gasteiger partial charge in [0, 0.05) is 30.9 Å². The molecule has 1 amide bonds. The lowest BCUT2D eigenvalue weighted by Crippen LogP contribution is -2.42. The smallest absolute Gasteiger partial charge is 0.410 e. The number of piperidine rings is 1. The van der Waals surface area contributed by atoms with Crippen molar-refractivity contribution in [2.45, 2.75) is 72.3 Å². The molecule has 1 heterocycles. The predicted octanol–water partition coefficient (Wildman–Crippen LogP) is 2.15. The quantitative estimate of drug-likeness (QED) is 0.739. The molecule has 0 saturated carbocycles. The van der Waals surface area contributed by atoms with Crippen LogP contribution >= 0.6 is 0 Å². The molecule has 0 atom stereocenters. The average Bonchev–Trinajstić information content (AvgIpc) is 2.42. The minimum atomic E-state index is -1.20. The summed E-state index contributed by atoms with van der Waals surface area (Å²) >= 11 is 0. The molecule has 0 unspecified atom stereocenters. The zero-order chi connectivity index (χ0) is 18.5. The molecule has 6 nitrogen and oxygen atoms in total. The minimum Gasteiger partial charge on any atom is -0.550 e. The Kier molecular flexibility index (Phi) is 6.81. The van der Waals surface area contributed by atoms with Crippen LogP contribution in [-0.4, -0.2) is 41.4 Å². The Labute approximate surface area is 144 Å². The van der Waals surface area contributed by atoms with Gasteiger partial charge in [-0.2, -0.15) is 0 Å².